The Morgan fingerprint density at radius 3 is 2.90 bits per heavy atom. The first-order chi connectivity index (χ1) is 9.70. The van der Waals surface area contributed by atoms with E-state index in [1.807, 2.05) is 31.3 Å². The average Bonchev–Trinajstić information content (AvgIpc) is 2.48. The Morgan fingerprint density at radius 2 is 2.20 bits per heavy atom. The molecular formula is C16H24N2O2. The number of carbonyl (C=O) groups is 1. The molecule has 1 saturated heterocycles. The Hall–Kier alpha value is -1.55. The summed E-state index contributed by atoms with van der Waals surface area (Å²) in [6, 6.07) is 8.18. The van der Waals surface area contributed by atoms with Gasteiger partial charge in [-0.2, -0.15) is 0 Å². The molecule has 1 amide bonds. The number of benzene rings is 1. The van der Waals surface area contributed by atoms with E-state index in [4.69, 9.17) is 4.74 Å². The van der Waals surface area contributed by atoms with Crippen molar-refractivity contribution in [3.05, 3.63) is 29.8 Å². The Balaban J connectivity index is 1.89. The van der Waals surface area contributed by atoms with Crippen LogP contribution < -0.4 is 10.1 Å². The zero-order valence-corrected chi connectivity index (χ0v) is 12.4. The first-order valence-electron chi connectivity index (χ1n) is 7.30. The van der Waals surface area contributed by atoms with E-state index in [1.165, 1.54) is 12.8 Å². The number of piperidine rings is 1. The predicted octanol–water partition coefficient (Wildman–Crippen LogP) is 2.19. The van der Waals surface area contributed by atoms with Crippen LogP contribution in [0.2, 0.25) is 0 Å². The predicted molar refractivity (Wildman–Crippen MR) is 79.7 cm³/mol. The second kappa shape index (κ2) is 7.29. The first-order valence-corrected chi connectivity index (χ1v) is 7.30. The summed E-state index contributed by atoms with van der Waals surface area (Å²) in [6.45, 7) is 1.63. The highest BCUT2D eigenvalue weighted by atomic mass is 16.5. The fourth-order valence-electron chi connectivity index (χ4n) is 2.64. The van der Waals surface area contributed by atoms with Crippen molar-refractivity contribution >= 4 is 5.91 Å². The quantitative estimate of drug-likeness (QED) is 0.896. The maximum Gasteiger partial charge on any atom is 0.224 e. The van der Waals surface area contributed by atoms with E-state index < -0.39 is 0 Å². The lowest BCUT2D eigenvalue weighted by molar-refractivity contribution is -0.131. The van der Waals surface area contributed by atoms with Crippen LogP contribution in [0.1, 0.15) is 31.2 Å². The van der Waals surface area contributed by atoms with Crippen molar-refractivity contribution in [3.8, 4) is 5.75 Å². The monoisotopic (exact) mass is 276 g/mol. The molecule has 0 spiro atoms. The standard InChI is InChI=1S/C16H24N2O2/c1-18(12-13-7-3-4-9-15(13)20-2)16(19)11-14-8-5-6-10-17-14/h3-4,7,9,14,17H,5-6,8,10-12H2,1-2H3. The second-order valence-electron chi connectivity index (χ2n) is 5.41. The maximum absolute atomic E-state index is 12.3. The minimum absolute atomic E-state index is 0.190. The zero-order chi connectivity index (χ0) is 14.4. The number of nitrogens with zero attached hydrogens (tertiary/aromatic N) is 1. The summed E-state index contributed by atoms with van der Waals surface area (Å²) < 4.78 is 5.33. The zero-order valence-electron chi connectivity index (χ0n) is 12.4. The Kier molecular flexibility index (Phi) is 5.41. The molecule has 1 N–H and O–H groups in total. The number of rotatable bonds is 5. The molecule has 1 aromatic rings. The van der Waals surface area contributed by atoms with E-state index in [2.05, 4.69) is 5.32 Å². The van der Waals surface area contributed by atoms with Crippen molar-refractivity contribution in [2.45, 2.75) is 38.3 Å². The lowest BCUT2D eigenvalue weighted by Gasteiger charge is -2.26. The van der Waals surface area contributed by atoms with Crippen LogP contribution in [-0.2, 0) is 11.3 Å². The van der Waals surface area contributed by atoms with E-state index in [0.717, 1.165) is 24.3 Å². The van der Waals surface area contributed by atoms with Crippen molar-refractivity contribution in [1.29, 1.82) is 0 Å². The van der Waals surface area contributed by atoms with E-state index in [0.29, 0.717) is 19.0 Å². The van der Waals surface area contributed by atoms with Crippen LogP contribution in [0.25, 0.3) is 0 Å². The highest BCUT2D eigenvalue weighted by Gasteiger charge is 2.19. The van der Waals surface area contributed by atoms with E-state index in [-0.39, 0.29) is 5.91 Å². The van der Waals surface area contributed by atoms with E-state index in [9.17, 15) is 4.79 Å². The topological polar surface area (TPSA) is 41.6 Å². The van der Waals surface area contributed by atoms with Gasteiger partial charge < -0.3 is 15.0 Å². The van der Waals surface area contributed by atoms with Gasteiger partial charge in [-0.15, -0.1) is 0 Å². The summed E-state index contributed by atoms with van der Waals surface area (Å²) in [5, 5.41) is 3.42. The number of hydrogen-bond donors (Lipinski definition) is 1. The molecule has 0 bridgehead atoms. The summed E-state index contributed by atoms with van der Waals surface area (Å²) in [5.74, 6) is 1.03. The van der Waals surface area contributed by atoms with Gasteiger partial charge in [0.15, 0.2) is 0 Å². The molecule has 20 heavy (non-hydrogen) atoms. The molecule has 4 heteroatoms. The van der Waals surface area contributed by atoms with Crippen LogP contribution >= 0.6 is 0 Å². The van der Waals surface area contributed by atoms with Gasteiger partial charge in [0.1, 0.15) is 5.75 Å². The third kappa shape index (κ3) is 3.97. The van der Waals surface area contributed by atoms with Gasteiger partial charge in [0.25, 0.3) is 0 Å². The Labute approximate surface area is 121 Å². The lowest BCUT2D eigenvalue weighted by Crippen LogP contribution is -2.39. The minimum Gasteiger partial charge on any atom is -0.496 e. The third-order valence-corrected chi connectivity index (χ3v) is 3.86. The van der Waals surface area contributed by atoms with Gasteiger partial charge in [-0.05, 0) is 25.5 Å². The molecule has 110 valence electrons. The van der Waals surface area contributed by atoms with Gasteiger partial charge in [-0.1, -0.05) is 24.6 Å². The van der Waals surface area contributed by atoms with Gasteiger partial charge in [-0.25, -0.2) is 0 Å². The summed E-state index contributed by atoms with van der Waals surface area (Å²) in [4.78, 5) is 14.0. The van der Waals surface area contributed by atoms with Gasteiger partial charge in [0.2, 0.25) is 5.91 Å². The second-order valence-corrected chi connectivity index (χ2v) is 5.41. The van der Waals surface area contributed by atoms with Crippen molar-refractivity contribution < 1.29 is 9.53 Å². The average molecular weight is 276 g/mol. The number of ether oxygens (including phenoxy) is 1. The Bertz CT molecular complexity index is 442. The van der Waals surface area contributed by atoms with E-state index >= 15 is 0 Å². The van der Waals surface area contributed by atoms with Gasteiger partial charge in [0.05, 0.1) is 7.11 Å². The first kappa shape index (κ1) is 14.9. The van der Waals surface area contributed by atoms with Crippen molar-refractivity contribution in [2.75, 3.05) is 20.7 Å². The van der Waals surface area contributed by atoms with Crippen LogP contribution in [0.5, 0.6) is 5.75 Å². The maximum atomic E-state index is 12.3. The van der Waals surface area contributed by atoms with Crippen LogP contribution in [0.3, 0.4) is 0 Å². The lowest BCUT2D eigenvalue weighted by atomic mass is 10.0. The molecule has 1 aliphatic heterocycles. The molecule has 0 aromatic heterocycles. The number of nitrogens with one attached hydrogen (secondary N) is 1. The summed E-state index contributed by atoms with van der Waals surface area (Å²) in [5.41, 5.74) is 1.04. The molecular weight excluding hydrogens is 252 g/mol. The fourth-order valence-corrected chi connectivity index (χ4v) is 2.64. The number of carbonyl (C=O) groups excluding carboxylic acids is 1. The van der Waals surface area contributed by atoms with Gasteiger partial charge in [-0.3, -0.25) is 4.79 Å². The van der Waals surface area contributed by atoms with Crippen LogP contribution in [0, 0.1) is 0 Å². The van der Waals surface area contributed by atoms with Crippen molar-refractivity contribution in [1.82, 2.24) is 10.2 Å². The molecule has 0 radical (unpaired) electrons. The molecule has 1 fully saturated rings. The van der Waals surface area contributed by atoms with Crippen LogP contribution in [-0.4, -0.2) is 37.6 Å². The molecule has 4 nitrogen and oxygen atoms in total. The number of hydrogen-bond acceptors (Lipinski definition) is 3. The van der Waals surface area contributed by atoms with Crippen LogP contribution in [0.15, 0.2) is 24.3 Å². The van der Waals surface area contributed by atoms with Gasteiger partial charge in [0, 0.05) is 31.6 Å². The molecule has 0 aliphatic carbocycles. The summed E-state index contributed by atoms with van der Waals surface area (Å²) in [7, 11) is 3.52. The summed E-state index contributed by atoms with van der Waals surface area (Å²) in [6.07, 6.45) is 4.14. The molecule has 0 saturated carbocycles. The molecule has 1 unspecified atom stereocenters. The van der Waals surface area contributed by atoms with Crippen LogP contribution in [0.4, 0.5) is 0 Å². The number of methoxy groups -OCH3 is 1. The molecule has 1 atom stereocenters. The highest BCUT2D eigenvalue weighted by molar-refractivity contribution is 5.76. The van der Waals surface area contributed by atoms with Gasteiger partial charge >= 0.3 is 0 Å². The SMILES string of the molecule is COc1ccccc1CN(C)C(=O)CC1CCCCN1. The normalized spacial score (nSPS) is 18.6. The molecule has 1 aliphatic rings. The number of amides is 1. The third-order valence-electron chi connectivity index (χ3n) is 3.86. The molecule has 1 heterocycles. The largest absolute Gasteiger partial charge is 0.496 e. The van der Waals surface area contributed by atoms with Crippen molar-refractivity contribution in [3.63, 3.8) is 0 Å². The fraction of sp³-hybridized carbons (Fsp3) is 0.562. The van der Waals surface area contributed by atoms with Crippen molar-refractivity contribution in [2.24, 2.45) is 0 Å². The highest BCUT2D eigenvalue weighted by Crippen LogP contribution is 2.19. The summed E-state index contributed by atoms with van der Waals surface area (Å²) >= 11 is 0. The van der Waals surface area contributed by atoms with E-state index in [1.54, 1.807) is 12.0 Å². The number of para-hydroxylation sites is 1. The smallest absolute Gasteiger partial charge is 0.224 e. The Morgan fingerprint density at radius 1 is 1.40 bits per heavy atom. The minimum atomic E-state index is 0.190. The molecule has 1 aromatic carbocycles. The molecule has 2 rings (SSSR count).